The number of carbonyl (C=O) groups is 2. The van der Waals surface area contributed by atoms with Gasteiger partial charge >= 0.3 is 0 Å². The molecular weight excluding hydrogens is 489 g/mol. The fourth-order valence-electron chi connectivity index (χ4n) is 2.75. The van der Waals surface area contributed by atoms with E-state index in [1.807, 2.05) is 38.1 Å². The minimum atomic E-state index is -0.296. The first-order valence-electron chi connectivity index (χ1n) is 9.90. The molecule has 0 saturated carbocycles. The topological polar surface area (TPSA) is 70.6 Å². The highest BCUT2D eigenvalue weighted by Gasteiger charge is 2.08. The zero-order valence-corrected chi connectivity index (χ0v) is 20.0. The van der Waals surface area contributed by atoms with Crippen LogP contribution in [0.1, 0.15) is 56.2 Å². The van der Waals surface area contributed by atoms with Crippen LogP contribution in [-0.4, -0.2) is 18.0 Å². The van der Waals surface area contributed by atoms with Gasteiger partial charge in [-0.3, -0.25) is 9.59 Å². The van der Waals surface area contributed by atoms with E-state index >= 15 is 0 Å². The van der Waals surface area contributed by atoms with Gasteiger partial charge in [-0.1, -0.05) is 44.2 Å². The van der Waals surface area contributed by atoms with Crippen molar-refractivity contribution in [3.63, 3.8) is 0 Å². The number of rotatable bonds is 8. The number of aryl methyl sites for hydroxylation is 1. The maximum absolute atomic E-state index is 12.1. The Kier molecular flexibility index (Phi) is 9.23. The molecule has 2 rings (SSSR count). The molecule has 0 aliphatic rings. The highest BCUT2D eigenvalue weighted by Crippen LogP contribution is 2.18. The van der Waals surface area contributed by atoms with Crippen LogP contribution in [0.25, 0.3) is 6.08 Å². The third-order valence-corrected chi connectivity index (χ3v) is 5.17. The van der Waals surface area contributed by atoms with Gasteiger partial charge in [0.2, 0.25) is 11.8 Å². The highest BCUT2D eigenvalue weighted by atomic mass is 127. The van der Waals surface area contributed by atoms with Crippen molar-refractivity contribution in [2.45, 2.75) is 46.5 Å². The molecule has 0 spiro atoms. The van der Waals surface area contributed by atoms with Gasteiger partial charge in [0, 0.05) is 22.1 Å². The van der Waals surface area contributed by atoms with Gasteiger partial charge in [-0.05, 0) is 82.8 Å². The molecule has 6 heteroatoms. The number of anilines is 1. The second kappa shape index (κ2) is 11.6. The van der Waals surface area contributed by atoms with Gasteiger partial charge in [0.15, 0.2) is 0 Å². The molecule has 0 heterocycles. The van der Waals surface area contributed by atoms with Crippen LogP contribution in [0.5, 0.6) is 0 Å². The molecule has 2 amide bonds. The number of carbonyl (C=O) groups excluding carboxylic acids is 2. The molecule has 2 aromatic carbocycles. The van der Waals surface area contributed by atoms with Crippen molar-refractivity contribution in [3.8, 4) is 0 Å². The van der Waals surface area contributed by atoms with E-state index in [0.29, 0.717) is 5.92 Å². The minimum Gasteiger partial charge on any atom is -0.326 e. The Morgan fingerprint density at radius 3 is 2.37 bits per heavy atom. The van der Waals surface area contributed by atoms with E-state index in [-0.39, 0.29) is 24.7 Å². The second-order valence-electron chi connectivity index (χ2n) is 7.51. The van der Waals surface area contributed by atoms with Crippen LogP contribution in [0, 0.1) is 10.5 Å². The van der Waals surface area contributed by atoms with Gasteiger partial charge in [0.25, 0.3) is 0 Å². The fourth-order valence-corrected chi connectivity index (χ4v) is 3.39. The Morgan fingerprint density at radius 1 is 1.07 bits per heavy atom. The third kappa shape index (κ3) is 8.10. The lowest BCUT2D eigenvalue weighted by Gasteiger charge is -2.08. The summed E-state index contributed by atoms with van der Waals surface area (Å²) in [5, 5.41) is 6.81. The van der Waals surface area contributed by atoms with E-state index in [1.54, 1.807) is 6.21 Å². The van der Waals surface area contributed by atoms with Crippen molar-refractivity contribution in [3.05, 3.63) is 68.3 Å². The first-order valence-corrected chi connectivity index (χ1v) is 11.0. The third-order valence-electron chi connectivity index (χ3n) is 4.50. The lowest BCUT2D eigenvalue weighted by molar-refractivity contribution is -0.124. The summed E-state index contributed by atoms with van der Waals surface area (Å²) in [6.45, 7) is 8.19. The predicted molar refractivity (Wildman–Crippen MR) is 133 cm³/mol. The van der Waals surface area contributed by atoms with Gasteiger partial charge in [0.1, 0.15) is 0 Å². The first-order chi connectivity index (χ1) is 14.2. The van der Waals surface area contributed by atoms with Crippen LogP contribution in [-0.2, 0) is 9.59 Å². The Hall–Kier alpha value is -2.48. The number of amides is 2. The minimum absolute atomic E-state index is 0.0754. The summed E-state index contributed by atoms with van der Waals surface area (Å²) in [4.78, 5) is 24.0. The van der Waals surface area contributed by atoms with Crippen molar-refractivity contribution in [2.24, 2.45) is 5.10 Å². The number of nitrogens with one attached hydrogen (secondary N) is 2. The average Bonchev–Trinajstić information content (AvgIpc) is 2.69. The first kappa shape index (κ1) is 23.8. The van der Waals surface area contributed by atoms with Gasteiger partial charge in [0.05, 0.1) is 6.21 Å². The van der Waals surface area contributed by atoms with Gasteiger partial charge in [-0.25, -0.2) is 5.43 Å². The average molecular weight is 517 g/mol. The van der Waals surface area contributed by atoms with E-state index in [1.165, 1.54) is 5.56 Å². The summed E-state index contributed by atoms with van der Waals surface area (Å²) in [6.07, 6.45) is 3.77. The Bertz CT molecular complexity index is 947. The molecular formula is C24H28IN3O2. The molecule has 2 N–H and O–H groups in total. The van der Waals surface area contributed by atoms with Crippen molar-refractivity contribution in [1.82, 2.24) is 5.43 Å². The molecule has 2 aromatic rings. The molecule has 0 aliphatic carbocycles. The molecule has 0 fully saturated rings. The zero-order chi connectivity index (χ0) is 22.1. The molecule has 0 unspecified atom stereocenters. The van der Waals surface area contributed by atoms with Crippen LogP contribution in [0.3, 0.4) is 0 Å². The largest absolute Gasteiger partial charge is 0.326 e. The Morgan fingerprint density at radius 2 is 1.73 bits per heavy atom. The molecule has 0 aliphatic heterocycles. The quantitative estimate of drug-likeness (QED) is 0.270. The summed E-state index contributed by atoms with van der Waals surface area (Å²) in [6, 6.07) is 14.2. The van der Waals surface area contributed by atoms with Crippen LogP contribution < -0.4 is 10.7 Å². The smallest absolute Gasteiger partial charge is 0.240 e. The van der Waals surface area contributed by atoms with E-state index in [2.05, 4.69) is 76.5 Å². The zero-order valence-electron chi connectivity index (χ0n) is 17.8. The molecule has 30 heavy (non-hydrogen) atoms. The van der Waals surface area contributed by atoms with Gasteiger partial charge in [-0.15, -0.1) is 0 Å². The lowest BCUT2D eigenvalue weighted by atomic mass is 10.0. The number of benzene rings is 2. The standard InChI is InChI=1S/C24H28IN3O2/c1-16(2)20-7-5-19(6-8-20)13-17(3)15-26-28-24(30)12-11-23(29)27-22-10-9-21(25)14-18(22)4/h5-10,13-16H,11-12H2,1-4H3,(H,27,29)(H,28,30)/b17-13-,26-15-. The summed E-state index contributed by atoms with van der Waals surface area (Å²) in [7, 11) is 0. The molecule has 5 nitrogen and oxygen atoms in total. The summed E-state index contributed by atoms with van der Waals surface area (Å²) in [5.74, 6) is 0.0118. The van der Waals surface area contributed by atoms with Gasteiger partial charge < -0.3 is 5.32 Å². The number of hydrogen-bond donors (Lipinski definition) is 2. The van der Waals surface area contributed by atoms with E-state index in [0.717, 1.165) is 26.0 Å². The lowest BCUT2D eigenvalue weighted by Crippen LogP contribution is -2.20. The summed E-state index contributed by atoms with van der Waals surface area (Å²) >= 11 is 2.22. The molecule has 0 saturated heterocycles. The number of allylic oxidation sites excluding steroid dienone is 1. The maximum Gasteiger partial charge on any atom is 0.240 e. The number of hydrogen-bond acceptors (Lipinski definition) is 3. The van der Waals surface area contributed by atoms with Crippen molar-refractivity contribution in [2.75, 3.05) is 5.32 Å². The van der Waals surface area contributed by atoms with Crippen molar-refractivity contribution in [1.29, 1.82) is 0 Å². The monoisotopic (exact) mass is 517 g/mol. The number of nitrogens with zero attached hydrogens (tertiary/aromatic N) is 1. The van der Waals surface area contributed by atoms with Crippen LogP contribution in [0.4, 0.5) is 5.69 Å². The number of halogens is 1. The Labute approximate surface area is 192 Å². The summed E-state index contributed by atoms with van der Waals surface area (Å²) < 4.78 is 1.11. The predicted octanol–water partition coefficient (Wildman–Crippen LogP) is 5.65. The SMILES string of the molecule is CC(/C=N\NC(=O)CCC(=O)Nc1ccc(I)cc1C)=C/c1ccc(C(C)C)cc1. The fraction of sp³-hybridized carbons (Fsp3) is 0.292. The summed E-state index contributed by atoms with van der Waals surface area (Å²) in [5.41, 5.74) is 7.52. The highest BCUT2D eigenvalue weighted by molar-refractivity contribution is 14.1. The Balaban J connectivity index is 1.77. The molecule has 0 bridgehead atoms. The number of hydrazone groups is 1. The van der Waals surface area contributed by atoms with Gasteiger partial charge in [-0.2, -0.15) is 5.10 Å². The van der Waals surface area contributed by atoms with Crippen LogP contribution in [0.2, 0.25) is 0 Å². The van der Waals surface area contributed by atoms with E-state index in [9.17, 15) is 9.59 Å². The molecule has 0 atom stereocenters. The maximum atomic E-state index is 12.1. The van der Waals surface area contributed by atoms with E-state index < -0.39 is 0 Å². The molecule has 0 radical (unpaired) electrons. The van der Waals surface area contributed by atoms with Crippen LogP contribution >= 0.6 is 22.6 Å². The van der Waals surface area contributed by atoms with Crippen molar-refractivity contribution < 1.29 is 9.59 Å². The van der Waals surface area contributed by atoms with Crippen LogP contribution in [0.15, 0.2) is 53.1 Å². The van der Waals surface area contributed by atoms with E-state index in [4.69, 9.17) is 0 Å². The second-order valence-corrected chi connectivity index (χ2v) is 8.76. The normalized spacial score (nSPS) is 11.7. The molecule has 0 aromatic heterocycles. The van der Waals surface area contributed by atoms with Crippen molar-refractivity contribution >= 4 is 52.4 Å². The molecule has 158 valence electrons.